The molecule has 0 aromatic heterocycles. The molecule has 0 aliphatic heterocycles. The fourth-order valence-electron chi connectivity index (χ4n) is 2.01. The number of rotatable bonds is 5. The molecule has 4 nitrogen and oxygen atoms in total. The van der Waals surface area contributed by atoms with Crippen LogP contribution in [0, 0.1) is 0 Å². The van der Waals surface area contributed by atoms with Crippen molar-refractivity contribution in [3.63, 3.8) is 0 Å². The maximum absolute atomic E-state index is 12.0. The van der Waals surface area contributed by atoms with Crippen LogP contribution in [0.4, 0.5) is 4.79 Å². The Kier molecular flexibility index (Phi) is 5.57. The summed E-state index contributed by atoms with van der Waals surface area (Å²) in [6.07, 6.45) is -0.566. The molecule has 2 N–H and O–H groups in total. The number of amides is 1. The van der Waals surface area contributed by atoms with E-state index in [4.69, 9.17) is 4.74 Å². The number of hydrogen-bond acceptors (Lipinski definition) is 3. The molecule has 0 aliphatic rings. The van der Waals surface area contributed by atoms with Crippen LogP contribution in [0.1, 0.15) is 18.1 Å². The van der Waals surface area contributed by atoms with Gasteiger partial charge in [0.25, 0.3) is 0 Å². The molecule has 116 valence electrons. The van der Waals surface area contributed by atoms with Crippen LogP contribution in [0.15, 0.2) is 59.1 Å². The first-order valence-electron chi connectivity index (χ1n) is 6.89. The highest BCUT2D eigenvalue weighted by atomic mass is 79.9. The van der Waals surface area contributed by atoms with E-state index in [9.17, 15) is 9.90 Å². The van der Waals surface area contributed by atoms with Crippen LogP contribution in [0.2, 0.25) is 0 Å². The first-order valence-corrected chi connectivity index (χ1v) is 7.68. The van der Waals surface area contributed by atoms with E-state index in [-0.39, 0.29) is 13.2 Å². The average Bonchev–Trinajstić information content (AvgIpc) is 2.54. The van der Waals surface area contributed by atoms with Gasteiger partial charge in [0.1, 0.15) is 6.61 Å². The van der Waals surface area contributed by atoms with Crippen LogP contribution in [-0.2, 0) is 16.9 Å². The predicted molar refractivity (Wildman–Crippen MR) is 88.3 cm³/mol. The van der Waals surface area contributed by atoms with Crippen molar-refractivity contribution < 1.29 is 14.6 Å². The van der Waals surface area contributed by atoms with E-state index < -0.39 is 11.6 Å². The Hall–Kier alpha value is -1.85. The SMILES string of the molecule is CC(CO)(NC(=O)OCc1ccccc1)c1ccc(Br)cc1. The lowest BCUT2D eigenvalue weighted by molar-refractivity contribution is 0.111. The summed E-state index contributed by atoms with van der Waals surface area (Å²) in [4.78, 5) is 12.0. The molecule has 0 spiro atoms. The molecule has 2 aromatic rings. The molecular weight excluding hydrogens is 346 g/mol. The van der Waals surface area contributed by atoms with Crippen LogP contribution in [0.5, 0.6) is 0 Å². The first kappa shape index (κ1) is 16.5. The summed E-state index contributed by atoms with van der Waals surface area (Å²) < 4.78 is 6.13. The molecule has 0 heterocycles. The van der Waals surface area contributed by atoms with E-state index in [2.05, 4.69) is 21.2 Å². The lowest BCUT2D eigenvalue weighted by Crippen LogP contribution is -2.46. The molecule has 0 saturated carbocycles. The molecule has 1 unspecified atom stereocenters. The zero-order valence-electron chi connectivity index (χ0n) is 12.3. The van der Waals surface area contributed by atoms with Gasteiger partial charge in [-0.05, 0) is 30.2 Å². The van der Waals surface area contributed by atoms with Gasteiger partial charge in [-0.2, -0.15) is 0 Å². The number of hydrogen-bond donors (Lipinski definition) is 2. The summed E-state index contributed by atoms with van der Waals surface area (Å²) in [5, 5.41) is 12.4. The van der Waals surface area contributed by atoms with Crippen LogP contribution in [0.25, 0.3) is 0 Å². The third-order valence-corrected chi connectivity index (χ3v) is 3.92. The lowest BCUT2D eigenvalue weighted by Gasteiger charge is -2.28. The van der Waals surface area contributed by atoms with Gasteiger partial charge in [0.05, 0.1) is 12.1 Å². The second-order valence-corrected chi connectivity index (χ2v) is 6.10. The number of nitrogens with one attached hydrogen (secondary N) is 1. The van der Waals surface area contributed by atoms with Gasteiger partial charge in [-0.25, -0.2) is 4.79 Å². The summed E-state index contributed by atoms with van der Waals surface area (Å²) in [6, 6.07) is 16.9. The van der Waals surface area contributed by atoms with Crippen molar-refractivity contribution in [2.45, 2.75) is 19.1 Å². The van der Waals surface area contributed by atoms with E-state index in [0.717, 1.165) is 15.6 Å². The number of benzene rings is 2. The quantitative estimate of drug-likeness (QED) is 0.853. The number of aliphatic hydroxyl groups excluding tert-OH is 1. The minimum Gasteiger partial charge on any atom is -0.445 e. The number of aliphatic hydroxyl groups is 1. The smallest absolute Gasteiger partial charge is 0.408 e. The van der Waals surface area contributed by atoms with E-state index >= 15 is 0 Å². The summed E-state index contributed by atoms with van der Waals surface area (Å²) in [7, 11) is 0. The van der Waals surface area contributed by atoms with E-state index in [1.54, 1.807) is 6.92 Å². The number of carbonyl (C=O) groups excluding carboxylic acids is 1. The second-order valence-electron chi connectivity index (χ2n) is 5.18. The lowest BCUT2D eigenvalue weighted by atomic mass is 9.93. The first-order chi connectivity index (χ1) is 10.5. The third-order valence-electron chi connectivity index (χ3n) is 3.39. The van der Waals surface area contributed by atoms with E-state index in [1.165, 1.54) is 0 Å². The molecule has 2 aromatic carbocycles. The standard InChI is InChI=1S/C17H18BrNO3/c1-17(12-20,14-7-9-15(18)10-8-14)19-16(21)22-11-13-5-3-2-4-6-13/h2-10,20H,11-12H2,1H3,(H,19,21). The van der Waals surface area contributed by atoms with Crippen LogP contribution < -0.4 is 5.32 Å². The Morgan fingerprint density at radius 2 is 1.82 bits per heavy atom. The third kappa shape index (κ3) is 4.32. The zero-order chi connectivity index (χ0) is 16.0. The largest absolute Gasteiger partial charge is 0.445 e. The van der Waals surface area contributed by atoms with Crippen LogP contribution in [-0.4, -0.2) is 17.8 Å². The van der Waals surface area contributed by atoms with Gasteiger partial charge in [0, 0.05) is 4.47 Å². The van der Waals surface area contributed by atoms with Gasteiger partial charge >= 0.3 is 6.09 Å². The van der Waals surface area contributed by atoms with Gasteiger partial charge in [-0.1, -0.05) is 58.4 Å². The van der Waals surface area contributed by atoms with Gasteiger partial charge in [0.2, 0.25) is 0 Å². The molecular formula is C17H18BrNO3. The summed E-state index contributed by atoms with van der Waals surface area (Å²) in [5.41, 5.74) is 0.816. The highest BCUT2D eigenvalue weighted by Gasteiger charge is 2.28. The fraction of sp³-hybridized carbons (Fsp3) is 0.235. The van der Waals surface area contributed by atoms with Gasteiger partial charge in [-0.15, -0.1) is 0 Å². The monoisotopic (exact) mass is 363 g/mol. The van der Waals surface area contributed by atoms with Crippen LogP contribution in [0.3, 0.4) is 0 Å². The Morgan fingerprint density at radius 3 is 2.41 bits per heavy atom. The summed E-state index contributed by atoms with van der Waals surface area (Å²) in [6.45, 7) is 1.71. The van der Waals surface area contributed by atoms with E-state index in [1.807, 2.05) is 54.6 Å². The van der Waals surface area contributed by atoms with Crippen molar-refractivity contribution in [1.29, 1.82) is 0 Å². The average molecular weight is 364 g/mol. The normalized spacial score (nSPS) is 13.2. The Labute approximate surface area is 138 Å². The van der Waals surface area contributed by atoms with Gasteiger partial charge in [-0.3, -0.25) is 0 Å². The molecule has 1 atom stereocenters. The Morgan fingerprint density at radius 1 is 1.18 bits per heavy atom. The minimum atomic E-state index is -0.894. The number of carbonyl (C=O) groups is 1. The number of alkyl carbamates (subject to hydrolysis) is 1. The Bertz CT molecular complexity index is 616. The molecule has 0 bridgehead atoms. The van der Waals surface area contributed by atoms with Crippen molar-refractivity contribution >= 4 is 22.0 Å². The molecule has 0 saturated heterocycles. The predicted octanol–water partition coefficient (Wildman–Crippen LogP) is 3.58. The van der Waals surface area contributed by atoms with Crippen molar-refractivity contribution in [2.24, 2.45) is 0 Å². The van der Waals surface area contributed by atoms with Crippen molar-refractivity contribution in [3.8, 4) is 0 Å². The number of ether oxygens (including phenoxy) is 1. The second kappa shape index (κ2) is 7.42. The highest BCUT2D eigenvalue weighted by molar-refractivity contribution is 9.10. The Balaban J connectivity index is 1.99. The number of halogens is 1. The molecule has 5 heteroatoms. The zero-order valence-corrected chi connectivity index (χ0v) is 13.8. The summed E-state index contributed by atoms with van der Waals surface area (Å²) >= 11 is 3.36. The molecule has 22 heavy (non-hydrogen) atoms. The maximum atomic E-state index is 12.0. The molecule has 0 radical (unpaired) electrons. The van der Waals surface area contributed by atoms with Crippen molar-refractivity contribution in [2.75, 3.05) is 6.61 Å². The molecule has 0 aliphatic carbocycles. The van der Waals surface area contributed by atoms with Crippen molar-refractivity contribution in [1.82, 2.24) is 5.32 Å². The molecule has 1 amide bonds. The topological polar surface area (TPSA) is 58.6 Å². The molecule has 2 rings (SSSR count). The highest BCUT2D eigenvalue weighted by Crippen LogP contribution is 2.22. The summed E-state index contributed by atoms with van der Waals surface area (Å²) in [5.74, 6) is 0. The minimum absolute atomic E-state index is 0.189. The molecule has 0 fully saturated rings. The maximum Gasteiger partial charge on any atom is 0.408 e. The fourth-order valence-corrected chi connectivity index (χ4v) is 2.27. The van der Waals surface area contributed by atoms with Crippen LogP contribution >= 0.6 is 15.9 Å². The van der Waals surface area contributed by atoms with Crippen molar-refractivity contribution in [3.05, 3.63) is 70.2 Å². The van der Waals surface area contributed by atoms with Gasteiger partial charge in [0.15, 0.2) is 0 Å². The van der Waals surface area contributed by atoms with Gasteiger partial charge < -0.3 is 15.2 Å². The van der Waals surface area contributed by atoms with E-state index in [0.29, 0.717) is 0 Å².